The topological polar surface area (TPSA) is 123 Å². The molecule has 11 heteroatoms. The number of ether oxygens (including phenoxy) is 3. The molecule has 33 heavy (non-hydrogen) atoms. The lowest BCUT2D eigenvalue weighted by atomic mass is 10.1. The van der Waals surface area contributed by atoms with Crippen molar-refractivity contribution in [1.82, 2.24) is 5.32 Å². The van der Waals surface area contributed by atoms with Crippen molar-refractivity contribution in [3.8, 4) is 11.5 Å². The third kappa shape index (κ3) is 5.67. The Hall–Kier alpha value is -3.47. The Labute approximate surface area is 192 Å². The van der Waals surface area contributed by atoms with Crippen LogP contribution in [-0.2, 0) is 26.0 Å². The van der Waals surface area contributed by atoms with E-state index in [9.17, 15) is 18.0 Å². The number of hydrogen-bond donors (Lipinski definition) is 2. The maximum atomic E-state index is 13.1. The molecule has 0 spiro atoms. The number of amides is 2. The SMILES string of the molecule is COC(=O)NCCc1cc(OC)c(OC)cc1NS(=O)(=O)c1ccc(N2CCCC2=O)cc1. The fourth-order valence-corrected chi connectivity index (χ4v) is 4.62. The number of nitrogens with one attached hydrogen (secondary N) is 2. The molecule has 1 heterocycles. The van der Waals surface area contributed by atoms with E-state index in [1.807, 2.05) is 0 Å². The minimum atomic E-state index is -3.94. The van der Waals surface area contributed by atoms with Crippen molar-refractivity contribution >= 4 is 33.4 Å². The third-order valence-corrected chi connectivity index (χ3v) is 6.62. The Balaban J connectivity index is 1.86. The molecule has 1 saturated heterocycles. The highest BCUT2D eigenvalue weighted by molar-refractivity contribution is 7.92. The first-order chi connectivity index (χ1) is 15.8. The van der Waals surface area contributed by atoms with Crippen LogP contribution in [0.5, 0.6) is 11.5 Å². The quantitative estimate of drug-likeness (QED) is 0.569. The summed E-state index contributed by atoms with van der Waals surface area (Å²) in [6.07, 6.45) is 1.000. The Morgan fingerprint density at radius 1 is 1.06 bits per heavy atom. The lowest BCUT2D eigenvalue weighted by molar-refractivity contribution is -0.117. The monoisotopic (exact) mass is 477 g/mol. The first kappa shape index (κ1) is 24.2. The smallest absolute Gasteiger partial charge is 0.406 e. The van der Waals surface area contributed by atoms with Crippen molar-refractivity contribution in [3.63, 3.8) is 0 Å². The molecule has 178 valence electrons. The molecule has 0 radical (unpaired) electrons. The summed E-state index contributed by atoms with van der Waals surface area (Å²) in [5, 5.41) is 2.56. The van der Waals surface area contributed by atoms with Gasteiger partial charge in [-0.3, -0.25) is 9.52 Å². The lowest BCUT2D eigenvalue weighted by Gasteiger charge is -2.18. The van der Waals surface area contributed by atoms with Crippen LogP contribution in [0.3, 0.4) is 0 Å². The zero-order chi connectivity index (χ0) is 24.0. The summed E-state index contributed by atoms with van der Waals surface area (Å²) in [7, 11) is 0.246. The normalized spacial score (nSPS) is 13.5. The molecular weight excluding hydrogens is 450 g/mol. The molecule has 2 aromatic rings. The Morgan fingerprint density at radius 3 is 2.30 bits per heavy atom. The van der Waals surface area contributed by atoms with E-state index in [2.05, 4.69) is 14.8 Å². The van der Waals surface area contributed by atoms with E-state index in [0.29, 0.717) is 42.1 Å². The molecule has 10 nitrogen and oxygen atoms in total. The summed E-state index contributed by atoms with van der Waals surface area (Å²) in [5.41, 5.74) is 1.54. The summed E-state index contributed by atoms with van der Waals surface area (Å²) in [6.45, 7) is 0.841. The molecule has 1 aliphatic rings. The lowest BCUT2D eigenvalue weighted by Crippen LogP contribution is -2.25. The van der Waals surface area contributed by atoms with Gasteiger partial charge in [-0.2, -0.15) is 0 Å². The Bertz CT molecular complexity index is 1120. The third-order valence-electron chi connectivity index (χ3n) is 5.23. The molecule has 0 aromatic heterocycles. The molecule has 2 N–H and O–H groups in total. The summed E-state index contributed by atoms with van der Waals surface area (Å²) >= 11 is 0. The maximum Gasteiger partial charge on any atom is 0.406 e. The average Bonchev–Trinajstić information content (AvgIpc) is 3.25. The second-order valence-corrected chi connectivity index (χ2v) is 8.96. The summed E-state index contributed by atoms with van der Waals surface area (Å²) in [6, 6.07) is 9.34. The van der Waals surface area contributed by atoms with Gasteiger partial charge in [0.15, 0.2) is 11.5 Å². The van der Waals surface area contributed by atoms with Crippen LogP contribution in [0.15, 0.2) is 41.3 Å². The van der Waals surface area contributed by atoms with Crippen molar-refractivity contribution in [2.75, 3.05) is 44.0 Å². The van der Waals surface area contributed by atoms with Gasteiger partial charge in [-0.1, -0.05) is 0 Å². The van der Waals surface area contributed by atoms with Crippen LogP contribution in [0.2, 0.25) is 0 Å². The number of carbonyl (C=O) groups excluding carboxylic acids is 2. The fraction of sp³-hybridized carbons (Fsp3) is 0.364. The number of carbonyl (C=O) groups is 2. The van der Waals surface area contributed by atoms with E-state index >= 15 is 0 Å². The number of benzene rings is 2. The van der Waals surface area contributed by atoms with Gasteiger partial charge < -0.3 is 24.4 Å². The van der Waals surface area contributed by atoms with Gasteiger partial charge in [0.1, 0.15) is 0 Å². The molecule has 0 aliphatic carbocycles. The fourth-order valence-electron chi connectivity index (χ4n) is 3.52. The molecule has 0 saturated carbocycles. The van der Waals surface area contributed by atoms with Crippen molar-refractivity contribution in [3.05, 3.63) is 42.0 Å². The number of hydrogen-bond acceptors (Lipinski definition) is 7. The molecule has 1 fully saturated rings. The van der Waals surface area contributed by atoms with Crippen molar-refractivity contribution < 1.29 is 32.2 Å². The van der Waals surface area contributed by atoms with Gasteiger partial charge in [-0.15, -0.1) is 0 Å². The zero-order valence-corrected chi connectivity index (χ0v) is 19.5. The summed E-state index contributed by atoms with van der Waals surface area (Å²) in [5.74, 6) is 0.801. The van der Waals surface area contributed by atoms with E-state index in [1.165, 1.54) is 39.5 Å². The predicted octanol–water partition coefficient (Wildman–Crippen LogP) is 2.53. The number of rotatable bonds is 9. The van der Waals surface area contributed by atoms with Crippen LogP contribution in [0.1, 0.15) is 18.4 Å². The first-order valence-corrected chi connectivity index (χ1v) is 11.8. The molecule has 0 unspecified atom stereocenters. The average molecular weight is 478 g/mol. The van der Waals surface area contributed by atoms with E-state index in [0.717, 1.165) is 6.42 Å². The van der Waals surface area contributed by atoms with Gasteiger partial charge in [-0.25, -0.2) is 13.2 Å². The second-order valence-electron chi connectivity index (χ2n) is 7.28. The highest BCUT2D eigenvalue weighted by atomic mass is 32.2. The molecule has 0 bridgehead atoms. The highest BCUT2D eigenvalue weighted by Crippen LogP contribution is 2.35. The molecule has 3 rings (SSSR count). The summed E-state index contributed by atoms with van der Waals surface area (Å²) in [4.78, 5) is 25.0. The second kappa shape index (κ2) is 10.4. The van der Waals surface area contributed by atoms with E-state index in [-0.39, 0.29) is 23.0 Å². The maximum absolute atomic E-state index is 13.1. The van der Waals surface area contributed by atoms with Gasteiger partial charge in [0.2, 0.25) is 5.91 Å². The van der Waals surface area contributed by atoms with Crippen LogP contribution >= 0.6 is 0 Å². The standard InChI is InChI=1S/C22H27N3O7S/c1-30-19-13-15(10-11-23-22(27)32-3)18(14-20(19)31-2)24-33(28,29)17-8-6-16(7-9-17)25-12-4-5-21(25)26/h6-9,13-14,24H,4-5,10-12H2,1-3H3,(H,23,27). The van der Waals surface area contributed by atoms with E-state index < -0.39 is 16.1 Å². The number of nitrogens with zero attached hydrogens (tertiary/aromatic N) is 1. The first-order valence-electron chi connectivity index (χ1n) is 10.3. The number of alkyl carbamates (subject to hydrolysis) is 1. The van der Waals surface area contributed by atoms with Crippen LogP contribution < -0.4 is 24.4 Å². The van der Waals surface area contributed by atoms with Crippen molar-refractivity contribution in [2.24, 2.45) is 0 Å². The van der Waals surface area contributed by atoms with Crippen LogP contribution in [-0.4, -0.2) is 54.8 Å². The molecule has 1 aliphatic heterocycles. The minimum Gasteiger partial charge on any atom is -0.493 e. The molecule has 2 amide bonds. The summed E-state index contributed by atoms with van der Waals surface area (Å²) < 4.78 is 43.9. The largest absolute Gasteiger partial charge is 0.493 e. The van der Waals surface area contributed by atoms with Crippen LogP contribution in [0, 0.1) is 0 Å². The zero-order valence-electron chi connectivity index (χ0n) is 18.7. The molecule has 2 aromatic carbocycles. The van der Waals surface area contributed by atoms with Crippen LogP contribution in [0.25, 0.3) is 0 Å². The molecule has 0 atom stereocenters. The van der Waals surface area contributed by atoms with Crippen molar-refractivity contribution in [2.45, 2.75) is 24.2 Å². The van der Waals surface area contributed by atoms with Gasteiger partial charge >= 0.3 is 6.09 Å². The van der Waals surface area contributed by atoms with Crippen molar-refractivity contribution in [1.29, 1.82) is 0 Å². The van der Waals surface area contributed by atoms with E-state index in [4.69, 9.17) is 9.47 Å². The van der Waals surface area contributed by atoms with E-state index in [1.54, 1.807) is 23.1 Å². The minimum absolute atomic E-state index is 0.0271. The van der Waals surface area contributed by atoms with Crippen LogP contribution in [0.4, 0.5) is 16.2 Å². The highest BCUT2D eigenvalue weighted by Gasteiger charge is 2.23. The van der Waals surface area contributed by atoms with Gasteiger partial charge in [0, 0.05) is 31.3 Å². The predicted molar refractivity (Wildman–Crippen MR) is 122 cm³/mol. The Morgan fingerprint density at radius 2 is 1.73 bits per heavy atom. The number of methoxy groups -OCH3 is 3. The van der Waals surface area contributed by atoms with Gasteiger partial charge in [0.05, 0.1) is 31.9 Å². The Kier molecular flexibility index (Phi) is 7.64. The molecular formula is C22H27N3O7S. The number of anilines is 2. The van der Waals surface area contributed by atoms with Gasteiger partial charge in [-0.05, 0) is 48.7 Å². The number of sulfonamides is 1. The van der Waals surface area contributed by atoms with Gasteiger partial charge in [0.25, 0.3) is 10.0 Å².